The van der Waals surface area contributed by atoms with Crippen LogP contribution in [0.3, 0.4) is 0 Å². The normalized spacial score (nSPS) is 17.3. The number of thiazole rings is 1. The van der Waals surface area contributed by atoms with Gasteiger partial charge in [0.2, 0.25) is 5.95 Å². The van der Waals surface area contributed by atoms with Crippen LogP contribution in [0.2, 0.25) is 0 Å². The van der Waals surface area contributed by atoms with Crippen LogP contribution in [0.5, 0.6) is 5.75 Å². The topological polar surface area (TPSA) is 75.6 Å². The first kappa shape index (κ1) is 25.0. The molecule has 0 unspecified atom stereocenters. The van der Waals surface area contributed by atoms with Crippen LogP contribution in [-0.2, 0) is 4.74 Å². The summed E-state index contributed by atoms with van der Waals surface area (Å²) in [5.41, 5.74) is 4.00. The highest BCUT2D eigenvalue weighted by atomic mass is 32.1. The highest BCUT2D eigenvalue weighted by molar-refractivity contribution is 7.13. The van der Waals surface area contributed by atoms with Crippen molar-refractivity contribution in [2.45, 2.75) is 38.8 Å². The van der Waals surface area contributed by atoms with Crippen LogP contribution in [0.1, 0.15) is 26.7 Å². The molecule has 9 heteroatoms. The Morgan fingerprint density at radius 3 is 2.53 bits per heavy atom. The lowest BCUT2D eigenvalue weighted by Gasteiger charge is -2.34. The summed E-state index contributed by atoms with van der Waals surface area (Å²) in [4.78, 5) is 18.9. The molecule has 2 aliphatic rings. The van der Waals surface area contributed by atoms with Crippen molar-refractivity contribution in [3.8, 4) is 16.3 Å². The van der Waals surface area contributed by atoms with Crippen molar-refractivity contribution in [1.29, 1.82) is 0 Å². The van der Waals surface area contributed by atoms with Gasteiger partial charge in [0.1, 0.15) is 22.4 Å². The van der Waals surface area contributed by atoms with E-state index in [0.717, 1.165) is 85.1 Å². The van der Waals surface area contributed by atoms with Gasteiger partial charge in [0.15, 0.2) is 0 Å². The van der Waals surface area contributed by atoms with Gasteiger partial charge in [0.05, 0.1) is 13.2 Å². The van der Waals surface area contributed by atoms with Gasteiger partial charge in [-0.1, -0.05) is 0 Å². The summed E-state index contributed by atoms with van der Waals surface area (Å²) in [5, 5.41) is 7.29. The van der Waals surface area contributed by atoms with E-state index >= 15 is 0 Å². The zero-order valence-corrected chi connectivity index (χ0v) is 22.8. The SMILES string of the molecule is CC(C)N1CCC(Oc2cc(-c3nccs3)cc3cnc(Nc4ccc(N5CCOCC5)cc4)nc23)CC1. The smallest absolute Gasteiger partial charge is 0.227 e. The second kappa shape index (κ2) is 11.2. The standard InChI is InChI=1S/C29H34N6O2S/c1-20(2)34-10-7-25(8-11-34)37-26-18-21(28-30-9-16-38-28)17-22-19-31-29(33-27(22)26)32-23-3-5-24(6-4-23)35-12-14-36-15-13-35/h3-6,9,16-20,25H,7-8,10-15H2,1-2H3,(H,31,32,33). The molecule has 1 N–H and O–H groups in total. The van der Waals surface area contributed by atoms with Crippen LogP contribution >= 0.6 is 11.3 Å². The van der Waals surface area contributed by atoms with Crippen LogP contribution in [0.4, 0.5) is 17.3 Å². The number of rotatable bonds is 7. The van der Waals surface area contributed by atoms with E-state index in [-0.39, 0.29) is 6.10 Å². The lowest BCUT2D eigenvalue weighted by Crippen LogP contribution is -2.41. The Morgan fingerprint density at radius 1 is 1.03 bits per heavy atom. The molecule has 0 saturated carbocycles. The molecule has 198 valence electrons. The second-order valence-corrected chi connectivity index (χ2v) is 11.1. The van der Waals surface area contributed by atoms with E-state index in [1.54, 1.807) is 11.3 Å². The number of piperidine rings is 1. The fourth-order valence-electron chi connectivity index (χ4n) is 5.15. The monoisotopic (exact) mass is 530 g/mol. The van der Waals surface area contributed by atoms with E-state index in [1.807, 2.05) is 17.8 Å². The van der Waals surface area contributed by atoms with Gasteiger partial charge >= 0.3 is 0 Å². The number of nitrogens with one attached hydrogen (secondary N) is 1. The Bertz CT molecular complexity index is 1350. The summed E-state index contributed by atoms with van der Waals surface area (Å²) in [5.74, 6) is 1.35. The molecular weight excluding hydrogens is 496 g/mol. The van der Waals surface area contributed by atoms with Crippen LogP contribution in [0.25, 0.3) is 21.5 Å². The van der Waals surface area contributed by atoms with Crippen LogP contribution in [-0.4, -0.2) is 71.4 Å². The van der Waals surface area contributed by atoms with Crippen molar-refractivity contribution in [2.24, 2.45) is 0 Å². The Balaban J connectivity index is 1.25. The van der Waals surface area contributed by atoms with Gasteiger partial charge in [-0.2, -0.15) is 0 Å². The van der Waals surface area contributed by atoms with E-state index in [4.69, 9.17) is 14.5 Å². The molecule has 0 amide bonds. The molecule has 4 aromatic rings. The Hall–Kier alpha value is -3.27. The maximum atomic E-state index is 6.64. The summed E-state index contributed by atoms with van der Waals surface area (Å²) in [7, 11) is 0. The van der Waals surface area contributed by atoms with Crippen LogP contribution < -0.4 is 15.0 Å². The minimum atomic E-state index is 0.166. The number of likely N-dealkylation sites (tertiary alicyclic amines) is 1. The highest BCUT2D eigenvalue weighted by Crippen LogP contribution is 2.34. The Kier molecular flexibility index (Phi) is 7.40. The first-order valence-electron chi connectivity index (χ1n) is 13.4. The molecule has 8 nitrogen and oxygen atoms in total. The molecule has 0 bridgehead atoms. The van der Waals surface area contributed by atoms with Gasteiger partial charge < -0.3 is 24.6 Å². The van der Waals surface area contributed by atoms with Crippen molar-refractivity contribution < 1.29 is 9.47 Å². The molecule has 0 aliphatic carbocycles. The van der Waals surface area contributed by atoms with Crippen LogP contribution in [0, 0.1) is 0 Å². The summed E-state index contributed by atoms with van der Waals surface area (Å²) in [6.45, 7) is 10.0. The maximum absolute atomic E-state index is 6.64. The van der Waals surface area contributed by atoms with Crippen molar-refractivity contribution in [3.05, 3.63) is 54.2 Å². The fraction of sp³-hybridized carbons (Fsp3) is 0.414. The molecule has 2 aromatic heterocycles. The quantitative estimate of drug-likeness (QED) is 0.332. The maximum Gasteiger partial charge on any atom is 0.227 e. The van der Waals surface area contributed by atoms with Crippen LogP contribution in [0.15, 0.2) is 54.2 Å². The van der Waals surface area contributed by atoms with E-state index in [1.165, 1.54) is 5.69 Å². The molecule has 38 heavy (non-hydrogen) atoms. The minimum Gasteiger partial charge on any atom is -0.488 e. The number of benzene rings is 2. The van der Waals surface area contributed by atoms with Gasteiger partial charge in [-0.3, -0.25) is 0 Å². The number of fused-ring (bicyclic) bond motifs is 1. The number of hydrogen-bond acceptors (Lipinski definition) is 9. The zero-order valence-electron chi connectivity index (χ0n) is 22.0. The third-order valence-corrected chi connectivity index (χ3v) is 8.15. The van der Waals surface area contributed by atoms with Gasteiger partial charge in [0.25, 0.3) is 0 Å². The zero-order chi connectivity index (χ0) is 25.9. The van der Waals surface area contributed by atoms with Crippen molar-refractivity contribution in [1.82, 2.24) is 19.9 Å². The number of anilines is 3. The van der Waals surface area contributed by atoms with E-state index in [0.29, 0.717) is 12.0 Å². The lowest BCUT2D eigenvalue weighted by molar-refractivity contribution is 0.0852. The van der Waals surface area contributed by atoms with E-state index < -0.39 is 0 Å². The molecule has 0 radical (unpaired) electrons. The predicted octanol–water partition coefficient (Wildman–Crippen LogP) is 5.59. The summed E-state index contributed by atoms with van der Waals surface area (Å²) in [6.07, 6.45) is 5.89. The van der Waals surface area contributed by atoms with Gasteiger partial charge in [-0.15, -0.1) is 11.3 Å². The second-order valence-electron chi connectivity index (χ2n) is 10.2. The minimum absolute atomic E-state index is 0.166. The fourth-order valence-corrected chi connectivity index (χ4v) is 5.77. The summed E-state index contributed by atoms with van der Waals surface area (Å²) >= 11 is 1.62. The molecule has 0 atom stereocenters. The van der Waals surface area contributed by atoms with Crippen molar-refractivity contribution in [2.75, 3.05) is 49.6 Å². The van der Waals surface area contributed by atoms with Gasteiger partial charge in [-0.05, 0) is 63.1 Å². The third-order valence-electron chi connectivity index (χ3n) is 7.33. The predicted molar refractivity (Wildman–Crippen MR) is 154 cm³/mol. The average molecular weight is 531 g/mol. The van der Waals surface area contributed by atoms with Crippen molar-refractivity contribution >= 4 is 39.6 Å². The summed E-state index contributed by atoms with van der Waals surface area (Å²) in [6, 6.07) is 13.2. The number of ether oxygens (including phenoxy) is 2. The molecule has 2 aromatic carbocycles. The largest absolute Gasteiger partial charge is 0.488 e. The number of nitrogens with zero attached hydrogens (tertiary/aromatic N) is 5. The molecule has 2 fully saturated rings. The molecular formula is C29H34N6O2S. The summed E-state index contributed by atoms with van der Waals surface area (Å²) < 4.78 is 12.1. The Morgan fingerprint density at radius 2 is 1.82 bits per heavy atom. The van der Waals surface area contributed by atoms with E-state index in [2.05, 4.69) is 75.3 Å². The number of morpholine rings is 1. The lowest BCUT2D eigenvalue weighted by atomic mass is 10.1. The van der Waals surface area contributed by atoms with E-state index in [9.17, 15) is 0 Å². The molecule has 6 rings (SSSR count). The van der Waals surface area contributed by atoms with Gasteiger partial charge in [0, 0.05) is 72.3 Å². The molecule has 0 spiro atoms. The first-order chi connectivity index (χ1) is 18.6. The molecule has 2 saturated heterocycles. The van der Waals surface area contributed by atoms with Gasteiger partial charge in [-0.25, -0.2) is 15.0 Å². The molecule has 4 heterocycles. The highest BCUT2D eigenvalue weighted by Gasteiger charge is 2.23. The Labute approximate surface area is 227 Å². The first-order valence-corrected chi connectivity index (χ1v) is 14.3. The average Bonchev–Trinajstić information content (AvgIpc) is 3.50. The number of hydrogen-bond donors (Lipinski definition) is 1. The third kappa shape index (κ3) is 5.60. The number of aromatic nitrogens is 3. The van der Waals surface area contributed by atoms with Crippen molar-refractivity contribution in [3.63, 3.8) is 0 Å². The molecule has 2 aliphatic heterocycles.